The minimum Gasteiger partial charge on any atom is -0.390 e. The third-order valence-corrected chi connectivity index (χ3v) is 4.47. The molecular weight excluding hydrogens is 324 g/mol. The van der Waals surface area contributed by atoms with Crippen molar-refractivity contribution in [2.24, 2.45) is 0 Å². The second kappa shape index (κ2) is 7.24. The van der Waals surface area contributed by atoms with E-state index < -0.39 is 5.60 Å². The molecule has 3 rings (SSSR count). The van der Waals surface area contributed by atoms with E-state index in [9.17, 15) is 4.79 Å². The quantitative estimate of drug-likeness (QED) is 0.867. The molecule has 2 aromatic rings. The number of halogens is 1. The molecule has 0 bridgehead atoms. The summed E-state index contributed by atoms with van der Waals surface area (Å²) in [5.74, 6) is 1.14. The third-order valence-electron chi connectivity index (χ3n) is 4.25. The van der Waals surface area contributed by atoms with Crippen molar-refractivity contribution in [3.8, 4) is 0 Å². The molecule has 5 heteroatoms. The van der Waals surface area contributed by atoms with E-state index in [0.717, 1.165) is 16.4 Å². The number of imidazole rings is 1. The second-order valence-corrected chi connectivity index (χ2v) is 7.83. The smallest absolute Gasteiger partial charge is 0.132 e. The number of carbonyl (C=O) groups excluding carboxylic acids is 1. The molecule has 1 heterocycles. The monoisotopic (exact) mass is 350 g/mol. The first kappa shape index (κ1) is 18.9. The van der Waals surface area contributed by atoms with E-state index in [1.807, 2.05) is 12.1 Å². The maximum Gasteiger partial charge on any atom is 0.132 e. The Balaban J connectivity index is 0.000000224. The molecule has 1 aromatic heterocycles. The fourth-order valence-corrected chi connectivity index (χ4v) is 3.42. The van der Waals surface area contributed by atoms with Crippen LogP contribution in [-0.4, -0.2) is 26.0 Å². The van der Waals surface area contributed by atoms with Crippen LogP contribution in [0.2, 0.25) is 5.02 Å². The summed E-state index contributed by atoms with van der Waals surface area (Å²) in [6, 6.07) is 4.67. The Kier molecular flexibility index (Phi) is 5.71. The molecular formula is C19H27ClN2O2. The molecule has 24 heavy (non-hydrogen) atoms. The number of benzene rings is 1. The van der Waals surface area contributed by atoms with Crippen molar-refractivity contribution in [2.45, 2.75) is 71.9 Å². The van der Waals surface area contributed by atoms with Crippen molar-refractivity contribution in [3.05, 3.63) is 28.5 Å². The molecule has 1 aliphatic rings. The van der Waals surface area contributed by atoms with Gasteiger partial charge in [0.15, 0.2) is 0 Å². The number of ketones is 1. The average Bonchev–Trinajstić information content (AvgIpc) is 2.63. The molecule has 1 aromatic carbocycles. The normalized spacial score (nSPS) is 15.0. The average molecular weight is 351 g/mol. The topological polar surface area (TPSA) is 55.1 Å². The summed E-state index contributed by atoms with van der Waals surface area (Å²) in [5.41, 5.74) is 2.65. The van der Waals surface area contributed by atoms with E-state index in [2.05, 4.69) is 23.4 Å². The number of hydrogen-bond donors (Lipinski definition) is 1. The molecule has 0 atom stereocenters. The van der Waals surface area contributed by atoms with Gasteiger partial charge in [0, 0.05) is 17.5 Å². The Morgan fingerprint density at radius 1 is 1.38 bits per heavy atom. The van der Waals surface area contributed by atoms with Crippen molar-refractivity contribution in [2.75, 3.05) is 0 Å². The fraction of sp³-hybridized carbons (Fsp3) is 0.579. The first-order valence-electron chi connectivity index (χ1n) is 8.45. The van der Waals surface area contributed by atoms with Gasteiger partial charge in [-0.1, -0.05) is 11.6 Å². The number of nitrogens with zero attached hydrogens (tertiary/aromatic N) is 2. The molecule has 0 spiro atoms. The van der Waals surface area contributed by atoms with Gasteiger partial charge < -0.3 is 9.67 Å². The molecule has 0 amide bonds. The summed E-state index contributed by atoms with van der Waals surface area (Å²) < 4.78 is 2.36. The van der Waals surface area contributed by atoms with E-state index in [-0.39, 0.29) is 12.2 Å². The van der Waals surface area contributed by atoms with Crippen LogP contribution in [0.1, 0.15) is 63.9 Å². The summed E-state index contributed by atoms with van der Waals surface area (Å²) in [6.07, 6.45) is 4.13. The number of rotatable bonds is 3. The summed E-state index contributed by atoms with van der Waals surface area (Å²) in [5, 5.41) is 9.78. The molecule has 1 saturated carbocycles. The fourth-order valence-electron chi connectivity index (χ4n) is 3.15. The van der Waals surface area contributed by atoms with Gasteiger partial charge in [-0.15, -0.1) is 0 Å². The van der Waals surface area contributed by atoms with E-state index in [4.69, 9.17) is 16.7 Å². The first-order chi connectivity index (χ1) is 11.1. The molecule has 0 radical (unpaired) electrons. The molecule has 1 N–H and O–H groups in total. The number of fused-ring (bicyclic) bond motifs is 1. The number of aryl methyl sites for hydroxylation is 2. The van der Waals surface area contributed by atoms with Crippen molar-refractivity contribution in [1.29, 1.82) is 0 Å². The zero-order valence-corrected chi connectivity index (χ0v) is 15.9. The van der Waals surface area contributed by atoms with Gasteiger partial charge in [0.05, 0.1) is 16.6 Å². The van der Waals surface area contributed by atoms with E-state index in [0.29, 0.717) is 6.04 Å². The number of aliphatic hydroxyl groups is 1. The lowest BCUT2D eigenvalue weighted by Gasteiger charge is -2.28. The van der Waals surface area contributed by atoms with E-state index in [1.54, 1.807) is 13.8 Å². The van der Waals surface area contributed by atoms with Gasteiger partial charge in [0.2, 0.25) is 0 Å². The summed E-state index contributed by atoms with van der Waals surface area (Å²) in [4.78, 5) is 15.0. The zero-order valence-electron chi connectivity index (χ0n) is 15.2. The second-order valence-electron chi connectivity index (χ2n) is 7.40. The Hall–Kier alpha value is -1.39. The van der Waals surface area contributed by atoms with Crippen LogP contribution < -0.4 is 0 Å². The third kappa shape index (κ3) is 4.58. The van der Waals surface area contributed by atoms with Crippen molar-refractivity contribution in [3.63, 3.8) is 0 Å². The van der Waals surface area contributed by atoms with Gasteiger partial charge >= 0.3 is 0 Å². The minimum absolute atomic E-state index is 0.0255. The van der Waals surface area contributed by atoms with Crippen molar-refractivity contribution >= 4 is 28.4 Å². The zero-order chi connectivity index (χ0) is 18.1. The first-order valence-corrected chi connectivity index (χ1v) is 8.83. The molecule has 1 aliphatic carbocycles. The van der Waals surface area contributed by atoms with Crippen LogP contribution in [-0.2, 0) is 4.79 Å². The molecule has 132 valence electrons. The maximum atomic E-state index is 10.3. The van der Waals surface area contributed by atoms with Gasteiger partial charge in [-0.05, 0) is 71.6 Å². The van der Waals surface area contributed by atoms with Gasteiger partial charge in [0.25, 0.3) is 0 Å². The Bertz CT molecular complexity index is 740. The number of Topliss-reactive ketones (excluding diaryl/α,β-unsaturated/α-hetero) is 1. The highest BCUT2D eigenvalue weighted by atomic mass is 35.5. The van der Waals surface area contributed by atoms with E-state index in [1.165, 1.54) is 37.3 Å². The van der Waals surface area contributed by atoms with E-state index >= 15 is 0 Å². The van der Waals surface area contributed by atoms with Crippen molar-refractivity contribution < 1.29 is 9.90 Å². The number of hydrogen-bond acceptors (Lipinski definition) is 3. The van der Waals surface area contributed by atoms with Crippen molar-refractivity contribution in [1.82, 2.24) is 9.55 Å². The highest BCUT2D eigenvalue weighted by molar-refractivity contribution is 6.31. The summed E-state index contributed by atoms with van der Waals surface area (Å²) >= 11 is 6.13. The molecule has 4 nitrogen and oxygen atoms in total. The lowest BCUT2D eigenvalue weighted by atomic mass is 9.92. The van der Waals surface area contributed by atoms with Gasteiger partial charge in [-0.3, -0.25) is 4.79 Å². The summed E-state index contributed by atoms with van der Waals surface area (Å²) in [6.45, 7) is 8.87. The Morgan fingerprint density at radius 3 is 2.42 bits per heavy atom. The lowest BCUT2D eigenvalue weighted by molar-refractivity contribution is -0.120. The van der Waals surface area contributed by atoms with Crippen LogP contribution in [0.25, 0.3) is 11.0 Å². The van der Waals surface area contributed by atoms with Gasteiger partial charge in [-0.2, -0.15) is 0 Å². The highest BCUT2D eigenvalue weighted by Crippen LogP contribution is 2.36. The largest absolute Gasteiger partial charge is 0.390 e. The minimum atomic E-state index is -0.828. The predicted molar refractivity (Wildman–Crippen MR) is 98.7 cm³/mol. The lowest BCUT2D eigenvalue weighted by Crippen LogP contribution is -2.21. The SMILES string of the molecule is CC(=O)CC(C)(C)O.Cc1cc(Cl)cc2c1nc(C)n2C1CCC1. The predicted octanol–water partition coefficient (Wildman–Crippen LogP) is 4.77. The van der Waals surface area contributed by atoms with Gasteiger partial charge in [0.1, 0.15) is 11.6 Å². The van der Waals surface area contributed by atoms with Crippen LogP contribution in [0.4, 0.5) is 0 Å². The highest BCUT2D eigenvalue weighted by Gasteiger charge is 2.23. The Morgan fingerprint density at radius 2 is 2.00 bits per heavy atom. The maximum absolute atomic E-state index is 10.3. The van der Waals surface area contributed by atoms with Crippen LogP contribution in [0.5, 0.6) is 0 Å². The van der Waals surface area contributed by atoms with Crippen LogP contribution >= 0.6 is 11.6 Å². The number of aromatic nitrogens is 2. The summed E-state index contributed by atoms with van der Waals surface area (Å²) in [7, 11) is 0. The van der Waals surface area contributed by atoms with Crippen LogP contribution in [0.15, 0.2) is 12.1 Å². The van der Waals surface area contributed by atoms with Gasteiger partial charge in [-0.25, -0.2) is 4.98 Å². The molecule has 0 unspecified atom stereocenters. The van der Waals surface area contributed by atoms with Crippen LogP contribution in [0.3, 0.4) is 0 Å². The molecule has 1 fully saturated rings. The number of carbonyl (C=O) groups is 1. The van der Waals surface area contributed by atoms with Crippen LogP contribution in [0, 0.1) is 13.8 Å². The Labute approximate surface area is 148 Å². The molecule has 0 aliphatic heterocycles. The molecule has 0 saturated heterocycles. The standard InChI is InChI=1S/C13H15ClN2.C6H12O2/c1-8-6-10(14)7-12-13(8)15-9(2)16(12)11-4-3-5-11;1-5(7)4-6(2,3)8/h6-7,11H,3-5H2,1-2H3;8H,4H2,1-3H3.